The van der Waals surface area contributed by atoms with Gasteiger partial charge >= 0.3 is 7.12 Å². The van der Waals surface area contributed by atoms with E-state index < -0.39 is 0 Å². The number of aromatic nitrogens is 2. The molecule has 1 amide bonds. The predicted molar refractivity (Wildman–Crippen MR) is 105 cm³/mol. The van der Waals surface area contributed by atoms with Gasteiger partial charge in [0.05, 0.1) is 17.6 Å². The Morgan fingerprint density at radius 3 is 2.41 bits per heavy atom. The van der Waals surface area contributed by atoms with Crippen LogP contribution >= 0.6 is 0 Å². The highest BCUT2D eigenvalue weighted by molar-refractivity contribution is 6.62. The van der Waals surface area contributed by atoms with Gasteiger partial charge in [-0.15, -0.1) is 0 Å². The van der Waals surface area contributed by atoms with Gasteiger partial charge in [-0.05, 0) is 51.6 Å². The minimum Gasteiger partial charge on any atom is -0.399 e. The fourth-order valence-corrected chi connectivity index (χ4v) is 3.15. The van der Waals surface area contributed by atoms with Crippen LogP contribution in [-0.2, 0) is 20.5 Å². The number of amides is 1. The van der Waals surface area contributed by atoms with Crippen molar-refractivity contribution < 1.29 is 14.1 Å². The molecule has 1 aliphatic heterocycles. The van der Waals surface area contributed by atoms with Gasteiger partial charge in [-0.3, -0.25) is 9.89 Å². The zero-order chi connectivity index (χ0) is 19.2. The van der Waals surface area contributed by atoms with Crippen molar-refractivity contribution >= 4 is 24.3 Å². The first-order chi connectivity index (χ1) is 12.7. The maximum atomic E-state index is 12.3. The second-order valence-corrected chi connectivity index (χ2v) is 8.54. The van der Waals surface area contributed by atoms with Gasteiger partial charge < -0.3 is 14.6 Å². The highest BCUT2D eigenvalue weighted by atomic mass is 16.7. The van der Waals surface area contributed by atoms with Crippen LogP contribution in [0.3, 0.4) is 0 Å². The minimum atomic E-state index is -0.386. The SMILES string of the molecule is CC1(C)OB(c2ccc(CC(=O)Nc3cc(C4CC4)[nH]n3)cc2)OC1(C)C. The molecule has 142 valence electrons. The molecule has 0 atom stereocenters. The van der Waals surface area contributed by atoms with Gasteiger partial charge in [-0.1, -0.05) is 24.3 Å². The van der Waals surface area contributed by atoms with E-state index in [1.54, 1.807) is 0 Å². The number of H-pyrrole nitrogens is 1. The first-order valence-electron chi connectivity index (χ1n) is 9.53. The van der Waals surface area contributed by atoms with Gasteiger partial charge in [-0.25, -0.2) is 0 Å². The number of anilines is 1. The van der Waals surface area contributed by atoms with Gasteiger partial charge in [0, 0.05) is 17.7 Å². The predicted octanol–water partition coefficient (Wildman–Crippen LogP) is 2.77. The largest absolute Gasteiger partial charge is 0.494 e. The average Bonchev–Trinajstić information content (AvgIpc) is 3.29. The molecule has 7 heteroatoms. The average molecular weight is 367 g/mol. The number of benzene rings is 1. The molecule has 1 saturated carbocycles. The summed E-state index contributed by atoms with van der Waals surface area (Å²) in [5, 5.41) is 10.0. The van der Waals surface area contributed by atoms with E-state index in [4.69, 9.17) is 9.31 Å². The molecule has 1 aromatic heterocycles. The van der Waals surface area contributed by atoms with E-state index in [2.05, 4.69) is 15.5 Å². The van der Waals surface area contributed by atoms with Crippen LogP contribution in [0.4, 0.5) is 5.82 Å². The zero-order valence-corrected chi connectivity index (χ0v) is 16.3. The van der Waals surface area contributed by atoms with Crippen molar-refractivity contribution in [3.63, 3.8) is 0 Å². The smallest absolute Gasteiger partial charge is 0.399 e. The third-order valence-electron chi connectivity index (χ3n) is 5.75. The Kier molecular flexibility index (Phi) is 4.39. The summed E-state index contributed by atoms with van der Waals surface area (Å²) in [6, 6.07) is 9.74. The summed E-state index contributed by atoms with van der Waals surface area (Å²) in [6.07, 6.45) is 2.70. The number of hydrogen-bond donors (Lipinski definition) is 2. The summed E-state index contributed by atoms with van der Waals surface area (Å²) in [6.45, 7) is 8.15. The molecule has 2 aromatic rings. The van der Waals surface area contributed by atoms with E-state index in [-0.39, 0.29) is 24.2 Å². The molecule has 0 unspecified atom stereocenters. The highest BCUT2D eigenvalue weighted by Crippen LogP contribution is 2.39. The summed E-state index contributed by atoms with van der Waals surface area (Å²) < 4.78 is 12.1. The van der Waals surface area contributed by atoms with Crippen LogP contribution in [0.1, 0.15) is 57.7 Å². The molecule has 2 aliphatic rings. The normalized spacial score (nSPS) is 20.7. The van der Waals surface area contributed by atoms with Crippen molar-refractivity contribution in [1.82, 2.24) is 10.2 Å². The van der Waals surface area contributed by atoms with Crippen LogP contribution in [0.5, 0.6) is 0 Å². The number of aromatic amines is 1. The number of hydrogen-bond acceptors (Lipinski definition) is 4. The molecule has 27 heavy (non-hydrogen) atoms. The van der Waals surface area contributed by atoms with Crippen LogP contribution in [0.15, 0.2) is 30.3 Å². The van der Waals surface area contributed by atoms with Crippen molar-refractivity contribution in [3.8, 4) is 0 Å². The fraction of sp³-hybridized carbons (Fsp3) is 0.500. The van der Waals surface area contributed by atoms with E-state index in [1.807, 2.05) is 58.0 Å². The summed E-state index contributed by atoms with van der Waals surface area (Å²) in [5.41, 5.74) is 2.28. The summed E-state index contributed by atoms with van der Waals surface area (Å²) >= 11 is 0. The molecule has 0 radical (unpaired) electrons. The fourth-order valence-electron chi connectivity index (χ4n) is 3.15. The number of nitrogens with zero attached hydrogens (tertiary/aromatic N) is 1. The molecule has 0 spiro atoms. The van der Waals surface area contributed by atoms with Gasteiger partial charge in [-0.2, -0.15) is 5.10 Å². The molecule has 4 rings (SSSR count). The molecule has 2 N–H and O–H groups in total. The molecule has 2 fully saturated rings. The zero-order valence-electron chi connectivity index (χ0n) is 16.3. The Bertz CT molecular complexity index is 824. The number of rotatable bonds is 5. The topological polar surface area (TPSA) is 76.2 Å². The van der Waals surface area contributed by atoms with E-state index in [9.17, 15) is 4.79 Å². The quantitative estimate of drug-likeness (QED) is 0.797. The van der Waals surface area contributed by atoms with Crippen molar-refractivity contribution in [2.75, 3.05) is 5.32 Å². The molecular weight excluding hydrogens is 341 g/mol. The Morgan fingerprint density at radius 1 is 1.19 bits per heavy atom. The third kappa shape index (κ3) is 3.80. The third-order valence-corrected chi connectivity index (χ3v) is 5.75. The van der Waals surface area contributed by atoms with Crippen LogP contribution in [0.2, 0.25) is 0 Å². The van der Waals surface area contributed by atoms with Gasteiger partial charge in [0.2, 0.25) is 5.91 Å². The maximum absolute atomic E-state index is 12.3. The second-order valence-electron chi connectivity index (χ2n) is 8.54. The second kappa shape index (κ2) is 6.50. The standard InChI is InChI=1S/C20H26BN3O3/c1-19(2)20(3,4)27-21(26-19)15-9-5-13(6-10-15)11-18(25)22-17-12-16(23-24-17)14-7-8-14/h5-6,9-10,12,14H,7-8,11H2,1-4H3,(H2,22,23,24,25). The van der Waals surface area contributed by atoms with Crippen LogP contribution in [0, 0.1) is 0 Å². The van der Waals surface area contributed by atoms with Gasteiger partial charge in [0.15, 0.2) is 5.82 Å². The molecule has 0 bridgehead atoms. The van der Waals surface area contributed by atoms with Gasteiger partial charge in [0.1, 0.15) is 0 Å². The van der Waals surface area contributed by atoms with E-state index in [1.165, 1.54) is 12.8 Å². The van der Waals surface area contributed by atoms with Crippen LogP contribution in [0.25, 0.3) is 0 Å². The van der Waals surface area contributed by atoms with E-state index in [0.29, 0.717) is 18.2 Å². The Morgan fingerprint density at radius 2 is 1.81 bits per heavy atom. The summed E-state index contributed by atoms with van der Waals surface area (Å²) in [7, 11) is -0.386. The number of carbonyl (C=O) groups excluding carboxylic acids is 1. The van der Waals surface area contributed by atoms with Crippen molar-refractivity contribution in [3.05, 3.63) is 41.6 Å². The van der Waals surface area contributed by atoms with Crippen molar-refractivity contribution in [2.24, 2.45) is 0 Å². The minimum absolute atomic E-state index is 0.0766. The summed E-state index contributed by atoms with van der Waals surface area (Å²) in [4.78, 5) is 12.3. The number of carbonyl (C=O) groups is 1. The summed E-state index contributed by atoms with van der Waals surface area (Å²) in [5.74, 6) is 1.11. The molecule has 1 saturated heterocycles. The molecule has 1 aromatic carbocycles. The number of nitrogens with one attached hydrogen (secondary N) is 2. The van der Waals surface area contributed by atoms with E-state index in [0.717, 1.165) is 16.7 Å². The molecule has 1 aliphatic carbocycles. The molecular formula is C20H26BN3O3. The van der Waals surface area contributed by atoms with Crippen molar-refractivity contribution in [2.45, 2.75) is 64.1 Å². The van der Waals surface area contributed by atoms with E-state index >= 15 is 0 Å². The van der Waals surface area contributed by atoms with Crippen molar-refractivity contribution in [1.29, 1.82) is 0 Å². The molecule has 6 nitrogen and oxygen atoms in total. The Hall–Kier alpha value is -2.12. The first kappa shape index (κ1) is 18.3. The lowest BCUT2D eigenvalue weighted by molar-refractivity contribution is -0.115. The van der Waals surface area contributed by atoms with Crippen LogP contribution in [-0.4, -0.2) is 34.4 Å². The first-order valence-corrected chi connectivity index (χ1v) is 9.53. The molecule has 2 heterocycles. The lowest BCUT2D eigenvalue weighted by Crippen LogP contribution is -2.41. The highest BCUT2D eigenvalue weighted by Gasteiger charge is 2.51. The van der Waals surface area contributed by atoms with Gasteiger partial charge in [0.25, 0.3) is 0 Å². The lowest BCUT2D eigenvalue weighted by atomic mass is 9.79. The monoisotopic (exact) mass is 367 g/mol. The Balaban J connectivity index is 1.35. The lowest BCUT2D eigenvalue weighted by Gasteiger charge is -2.32. The van der Waals surface area contributed by atoms with Crippen LogP contribution < -0.4 is 10.8 Å². The maximum Gasteiger partial charge on any atom is 0.494 e. The Labute approximate surface area is 160 Å².